The number of benzene rings is 1. The molecule has 0 heterocycles. The fourth-order valence-corrected chi connectivity index (χ4v) is 1.65. The third-order valence-electron chi connectivity index (χ3n) is 3.22. The Hall–Kier alpha value is -0.820. The first kappa shape index (κ1) is 13.2. The van der Waals surface area contributed by atoms with Gasteiger partial charge in [-0.15, -0.1) is 0 Å². The first-order chi connectivity index (χ1) is 7.50. The van der Waals surface area contributed by atoms with Crippen molar-refractivity contribution in [2.75, 3.05) is 0 Å². The molecule has 1 N–H and O–H groups in total. The lowest BCUT2D eigenvalue weighted by Gasteiger charge is -2.16. The van der Waals surface area contributed by atoms with Crippen LogP contribution >= 0.6 is 0 Å². The molecular weight excluding hydrogens is 194 g/mol. The van der Waals surface area contributed by atoms with Gasteiger partial charge in [0.05, 0.1) is 0 Å². The van der Waals surface area contributed by atoms with Crippen molar-refractivity contribution in [3.63, 3.8) is 0 Å². The Morgan fingerprint density at radius 2 is 1.50 bits per heavy atom. The molecule has 1 heteroatoms. The van der Waals surface area contributed by atoms with E-state index in [0.717, 1.165) is 6.54 Å². The Labute approximate surface area is 100 Å². The average Bonchev–Trinajstić information content (AvgIpc) is 2.26. The highest BCUT2D eigenvalue weighted by Gasteiger charge is 2.09. The van der Waals surface area contributed by atoms with Crippen LogP contribution in [0.1, 0.15) is 51.7 Å². The van der Waals surface area contributed by atoms with Crippen molar-refractivity contribution in [1.29, 1.82) is 0 Å². The summed E-state index contributed by atoms with van der Waals surface area (Å²) in [4.78, 5) is 0. The predicted molar refractivity (Wildman–Crippen MR) is 71.7 cm³/mol. The summed E-state index contributed by atoms with van der Waals surface area (Å²) in [7, 11) is 0. The molecule has 1 atom stereocenters. The molecule has 0 saturated heterocycles. The SMILES string of the molecule is CC(C)NCc1ccc(C(C)C(C)C)cc1. The Morgan fingerprint density at radius 3 is 1.94 bits per heavy atom. The highest BCUT2D eigenvalue weighted by molar-refractivity contribution is 5.25. The molecule has 1 aromatic carbocycles. The van der Waals surface area contributed by atoms with E-state index in [1.54, 1.807) is 0 Å². The van der Waals surface area contributed by atoms with Gasteiger partial charge >= 0.3 is 0 Å². The Balaban J connectivity index is 2.61. The molecule has 16 heavy (non-hydrogen) atoms. The van der Waals surface area contributed by atoms with E-state index in [2.05, 4.69) is 64.2 Å². The summed E-state index contributed by atoms with van der Waals surface area (Å²) in [5.74, 6) is 1.35. The monoisotopic (exact) mass is 219 g/mol. The normalized spacial score (nSPS) is 13.4. The highest BCUT2D eigenvalue weighted by Crippen LogP contribution is 2.23. The van der Waals surface area contributed by atoms with E-state index in [1.165, 1.54) is 11.1 Å². The summed E-state index contributed by atoms with van der Waals surface area (Å²) in [6, 6.07) is 9.56. The largest absolute Gasteiger partial charge is 0.310 e. The van der Waals surface area contributed by atoms with Crippen LogP contribution in [0.15, 0.2) is 24.3 Å². The van der Waals surface area contributed by atoms with Crippen molar-refractivity contribution in [2.24, 2.45) is 5.92 Å². The molecule has 0 spiro atoms. The Bertz CT molecular complexity index is 298. The standard InChI is InChI=1S/C15H25N/c1-11(2)13(5)15-8-6-14(7-9-15)10-16-12(3)4/h6-9,11-13,16H,10H2,1-5H3. The number of nitrogens with one attached hydrogen (secondary N) is 1. The van der Waals surface area contributed by atoms with E-state index >= 15 is 0 Å². The minimum Gasteiger partial charge on any atom is -0.310 e. The number of hydrogen-bond donors (Lipinski definition) is 1. The van der Waals surface area contributed by atoms with Crippen LogP contribution in [0.3, 0.4) is 0 Å². The topological polar surface area (TPSA) is 12.0 Å². The van der Waals surface area contributed by atoms with Crippen LogP contribution in [0.5, 0.6) is 0 Å². The zero-order valence-corrected chi connectivity index (χ0v) is 11.2. The van der Waals surface area contributed by atoms with Gasteiger partial charge in [-0.05, 0) is 23.0 Å². The highest BCUT2D eigenvalue weighted by atomic mass is 14.9. The third-order valence-corrected chi connectivity index (χ3v) is 3.22. The molecule has 0 saturated carbocycles. The van der Waals surface area contributed by atoms with Gasteiger partial charge in [-0.1, -0.05) is 58.9 Å². The minimum absolute atomic E-state index is 0.550. The summed E-state index contributed by atoms with van der Waals surface area (Å²) in [6.45, 7) is 12.2. The summed E-state index contributed by atoms with van der Waals surface area (Å²) >= 11 is 0. The van der Waals surface area contributed by atoms with Crippen molar-refractivity contribution in [3.8, 4) is 0 Å². The van der Waals surface area contributed by atoms with E-state index in [-0.39, 0.29) is 0 Å². The lowest BCUT2D eigenvalue weighted by Crippen LogP contribution is -2.21. The quantitative estimate of drug-likeness (QED) is 0.791. The molecule has 0 amide bonds. The van der Waals surface area contributed by atoms with Crippen LogP contribution in [0.25, 0.3) is 0 Å². The minimum atomic E-state index is 0.550. The van der Waals surface area contributed by atoms with E-state index < -0.39 is 0 Å². The number of rotatable bonds is 5. The average molecular weight is 219 g/mol. The van der Waals surface area contributed by atoms with Gasteiger partial charge in [0.15, 0.2) is 0 Å². The molecule has 0 aliphatic carbocycles. The van der Waals surface area contributed by atoms with Crippen LogP contribution < -0.4 is 5.32 Å². The van der Waals surface area contributed by atoms with Crippen LogP contribution in [0.2, 0.25) is 0 Å². The van der Waals surface area contributed by atoms with Crippen LogP contribution in [0, 0.1) is 5.92 Å². The molecule has 1 rings (SSSR count). The van der Waals surface area contributed by atoms with Crippen molar-refractivity contribution >= 4 is 0 Å². The van der Waals surface area contributed by atoms with Gasteiger partial charge in [0.1, 0.15) is 0 Å². The predicted octanol–water partition coefficient (Wildman–Crippen LogP) is 3.94. The summed E-state index contributed by atoms with van der Waals surface area (Å²) < 4.78 is 0. The lowest BCUT2D eigenvalue weighted by molar-refractivity contribution is 0.534. The molecule has 1 aromatic rings. The molecular formula is C15H25N. The van der Waals surface area contributed by atoms with Gasteiger partial charge in [-0.25, -0.2) is 0 Å². The third kappa shape index (κ3) is 3.97. The number of hydrogen-bond acceptors (Lipinski definition) is 1. The maximum absolute atomic E-state index is 3.43. The molecule has 0 aromatic heterocycles. The smallest absolute Gasteiger partial charge is 0.0207 e. The molecule has 0 bridgehead atoms. The van der Waals surface area contributed by atoms with Gasteiger partial charge in [0.2, 0.25) is 0 Å². The molecule has 90 valence electrons. The van der Waals surface area contributed by atoms with E-state index in [1.807, 2.05) is 0 Å². The molecule has 0 fully saturated rings. The lowest BCUT2D eigenvalue weighted by atomic mass is 9.90. The second kappa shape index (κ2) is 6.05. The molecule has 0 aliphatic heterocycles. The summed E-state index contributed by atoms with van der Waals surface area (Å²) in [5.41, 5.74) is 2.82. The van der Waals surface area contributed by atoms with Crippen molar-refractivity contribution in [1.82, 2.24) is 5.32 Å². The second-order valence-corrected chi connectivity index (χ2v) is 5.31. The van der Waals surface area contributed by atoms with Crippen molar-refractivity contribution < 1.29 is 0 Å². The first-order valence-corrected chi connectivity index (χ1v) is 6.33. The van der Waals surface area contributed by atoms with Crippen LogP contribution in [0.4, 0.5) is 0 Å². The van der Waals surface area contributed by atoms with Gasteiger partial charge < -0.3 is 5.32 Å². The van der Waals surface area contributed by atoms with E-state index in [4.69, 9.17) is 0 Å². The maximum Gasteiger partial charge on any atom is 0.0207 e. The van der Waals surface area contributed by atoms with Gasteiger partial charge in [-0.3, -0.25) is 0 Å². The summed E-state index contributed by atoms with van der Waals surface area (Å²) in [6.07, 6.45) is 0. The molecule has 1 unspecified atom stereocenters. The fourth-order valence-electron chi connectivity index (χ4n) is 1.65. The fraction of sp³-hybridized carbons (Fsp3) is 0.600. The van der Waals surface area contributed by atoms with Gasteiger partial charge in [-0.2, -0.15) is 0 Å². The second-order valence-electron chi connectivity index (χ2n) is 5.31. The Kier molecular flexibility index (Phi) is 5.01. The zero-order chi connectivity index (χ0) is 12.1. The Morgan fingerprint density at radius 1 is 0.938 bits per heavy atom. The van der Waals surface area contributed by atoms with Gasteiger partial charge in [0.25, 0.3) is 0 Å². The van der Waals surface area contributed by atoms with Crippen LogP contribution in [-0.2, 0) is 6.54 Å². The first-order valence-electron chi connectivity index (χ1n) is 6.33. The zero-order valence-electron chi connectivity index (χ0n) is 11.2. The maximum atomic E-state index is 3.43. The van der Waals surface area contributed by atoms with Crippen molar-refractivity contribution in [3.05, 3.63) is 35.4 Å². The van der Waals surface area contributed by atoms with E-state index in [9.17, 15) is 0 Å². The van der Waals surface area contributed by atoms with Gasteiger partial charge in [0, 0.05) is 12.6 Å². The molecule has 0 radical (unpaired) electrons. The van der Waals surface area contributed by atoms with Crippen LogP contribution in [-0.4, -0.2) is 6.04 Å². The summed E-state index contributed by atoms with van der Waals surface area (Å²) in [5, 5.41) is 3.43. The van der Waals surface area contributed by atoms with E-state index in [0.29, 0.717) is 17.9 Å². The molecule has 1 nitrogen and oxygen atoms in total. The van der Waals surface area contributed by atoms with Crippen molar-refractivity contribution in [2.45, 2.75) is 53.1 Å². The molecule has 0 aliphatic rings.